The molecular weight excluding hydrogens is 449 g/mol. The Hall–Kier alpha value is -2.20. The van der Waals surface area contributed by atoms with Crippen LogP contribution in [0.1, 0.15) is 41.9 Å². The maximum Gasteiger partial charge on any atom is 0.416 e. The van der Waals surface area contributed by atoms with Gasteiger partial charge < -0.3 is 9.80 Å². The van der Waals surface area contributed by atoms with Gasteiger partial charge >= 0.3 is 6.18 Å². The number of hydrogen-bond donors (Lipinski definition) is 1. The summed E-state index contributed by atoms with van der Waals surface area (Å²) in [5.41, 5.74) is 5.10. The Balaban J connectivity index is 1.04. The number of benzene rings is 1. The molecule has 3 aliphatic rings. The maximum absolute atomic E-state index is 12.8. The van der Waals surface area contributed by atoms with Crippen LogP contribution in [0.25, 0.3) is 0 Å². The zero-order valence-corrected chi connectivity index (χ0v) is 19.7. The monoisotopic (exact) mass is 478 g/mol. The SMILES string of the molecule is CN1C(c2cnn(C)c2)=NNC1SCCCN1CC[C@]2(C[C@@H]2c2ccc(C(F)(F)F)cc2)C1. The van der Waals surface area contributed by atoms with E-state index >= 15 is 0 Å². The van der Waals surface area contributed by atoms with Crippen LogP contribution in [0.15, 0.2) is 41.8 Å². The molecule has 3 atom stereocenters. The van der Waals surface area contributed by atoms with E-state index in [9.17, 15) is 13.2 Å². The van der Waals surface area contributed by atoms with Crippen molar-refractivity contribution in [3.63, 3.8) is 0 Å². The summed E-state index contributed by atoms with van der Waals surface area (Å²) in [5.74, 6) is 2.34. The minimum absolute atomic E-state index is 0.123. The van der Waals surface area contributed by atoms with Gasteiger partial charge in [-0.05, 0) is 67.1 Å². The van der Waals surface area contributed by atoms with Gasteiger partial charge in [0, 0.05) is 26.8 Å². The lowest BCUT2D eigenvalue weighted by molar-refractivity contribution is -0.137. The molecule has 2 aromatic rings. The van der Waals surface area contributed by atoms with Crippen LogP contribution in [0.4, 0.5) is 13.2 Å². The molecule has 1 spiro atoms. The molecule has 1 aromatic heterocycles. The van der Waals surface area contributed by atoms with E-state index in [-0.39, 0.29) is 10.9 Å². The molecule has 5 rings (SSSR count). The second-order valence-corrected chi connectivity index (χ2v) is 10.6. The third-order valence-electron chi connectivity index (χ3n) is 7.12. The molecule has 0 bridgehead atoms. The Morgan fingerprint density at radius 2 is 2.00 bits per heavy atom. The van der Waals surface area contributed by atoms with Crippen LogP contribution >= 0.6 is 11.8 Å². The maximum atomic E-state index is 12.8. The van der Waals surface area contributed by atoms with Crippen molar-refractivity contribution in [1.29, 1.82) is 0 Å². The van der Waals surface area contributed by atoms with E-state index in [4.69, 9.17) is 0 Å². The number of aromatic nitrogens is 2. The lowest BCUT2D eigenvalue weighted by atomic mass is 9.97. The minimum Gasteiger partial charge on any atom is -0.328 e. The summed E-state index contributed by atoms with van der Waals surface area (Å²) in [6, 6.07) is 5.80. The van der Waals surface area contributed by atoms with Gasteiger partial charge in [-0.3, -0.25) is 10.1 Å². The lowest BCUT2D eigenvalue weighted by Crippen LogP contribution is -2.35. The lowest BCUT2D eigenvalue weighted by Gasteiger charge is -2.22. The van der Waals surface area contributed by atoms with Crippen molar-refractivity contribution in [2.45, 2.75) is 36.9 Å². The summed E-state index contributed by atoms with van der Waals surface area (Å²) in [6.07, 6.45) is 2.85. The molecule has 3 heterocycles. The molecule has 6 nitrogen and oxygen atoms in total. The fourth-order valence-corrected chi connectivity index (χ4v) is 6.15. The number of hydrazone groups is 1. The molecule has 1 aromatic carbocycles. The van der Waals surface area contributed by atoms with E-state index in [2.05, 4.69) is 25.4 Å². The first-order valence-corrected chi connectivity index (χ1v) is 12.4. The summed E-state index contributed by atoms with van der Waals surface area (Å²) in [7, 11) is 3.94. The van der Waals surface area contributed by atoms with Crippen molar-refractivity contribution in [2.75, 3.05) is 32.4 Å². The van der Waals surface area contributed by atoms with Crippen molar-refractivity contribution in [2.24, 2.45) is 17.6 Å². The standard InChI is InChI=1S/C23H29F3N6S/c1-30-14-17(13-27-30)20-28-29-21(31(20)2)33-11-3-9-32-10-8-22(15-32)12-19(22)16-4-6-18(7-5-16)23(24,25)26/h4-7,13-14,19,21,29H,3,8-12,15H2,1-2H3/t19-,21?,22+/m1/s1. The van der Waals surface area contributed by atoms with E-state index in [0.29, 0.717) is 5.92 Å². The third-order valence-corrected chi connectivity index (χ3v) is 8.38. The quantitative estimate of drug-likeness (QED) is 0.612. The number of likely N-dealkylation sites (tertiary alicyclic amines) is 1. The molecule has 10 heteroatoms. The number of alkyl halides is 3. The first kappa shape index (κ1) is 22.6. The molecular formula is C23H29F3N6S. The van der Waals surface area contributed by atoms with Crippen LogP contribution in [0.3, 0.4) is 0 Å². The van der Waals surface area contributed by atoms with Crippen molar-refractivity contribution < 1.29 is 13.2 Å². The van der Waals surface area contributed by atoms with Crippen LogP contribution in [0.2, 0.25) is 0 Å². The van der Waals surface area contributed by atoms with Crippen molar-refractivity contribution >= 4 is 17.6 Å². The summed E-state index contributed by atoms with van der Waals surface area (Å²) in [5, 5.41) is 8.69. The Morgan fingerprint density at radius 3 is 2.70 bits per heavy atom. The number of amidine groups is 1. The van der Waals surface area contributed by atoms with Crippen LogP contribution in [0, 0.1) is 5.41 Å². The second-order valence-electron chi connectivity index (χ2n) is 9.42. The van der Waals surface area contributed by atoms with Crippen molar-refractivity contribution in [1.82, 2.24) is 25.0 Å². The molecule has 1 saturated heterocycles. The van der Waals surface area contributed by atoms with Crippen LogP contribution in [-0.2, 0) is 13.2 Å². The Labute approximate surface area is 196 Å². The number of hydrogen-bond acceptors (Lipinski definition) is 6. The number of nitrogens with one attached hydrogen (secondary N) is 1. The number of thioether (sulfide) groups is 1. The van der Waals surface area contributed by atoms with Gasteiger partial charge in [-0.25, -0.2) is 0 Å². The third kappa shape index (κ3) is 4.59. The largest absolute Gasteiger partial charge is 0.416 e. The van der Waals surface area contributed by atoms with Gasteiger partial charge in [0.1, 0.15) is 0 Å². The fourth-order valence-electron chi connectivity index (χ4n) is 5.18. The van der Waals surface area contributed by atoms with Crippen molar-refractivity contribution in [3.8, 4) is 0 Å². The number of halogens is 3. The molecule has 1 saturated carbocycles. The van der Waals surface area contributed by atoms with Gasteiger partial charge in [0.2, 0.25) is 0 Å². The zero-order chi connectivity index (χ0) is 23.2. The zero-order valence-electron chi connectivity index (χ0n) is 18.8. The van der Waals surface area contributed by atoms with E-state index in [1.54, 1.807) is 16.8 Å². The molecule has 33 heavy (non-hydrogen) atoms. The molecule has 0 radical (unpaired) electrons. The van der Waals surface area contributed by atoms with E-state index < -0.39 is 11.7 Å². The van der Waals surface area contributed by atoms with E-state index in [1.807, 2.05) is 38.3 Å². The summed E-state index contributed by atoms with van der Waals surface area (Å²) >= 11 is 1.85. The van der Waals surface area contributed by atoms with Gasteiger partial charge in [-0.2, -0.15) is 23.4 Å². The highest BCUT2D eigenvalue weighted by atomic mass is 32.2. The Bertz CT molecular complexity index is 1020. The topological polar surface area (TPSA) is 48.7 Å². The Kier molecular flexibility index (Phi) is 5.84. The first-order valence-electron chi connectivity index (χ1n) is 11.3. The highest BCUT2D eigenvalue weighted by Gasteiger charge is 2.57. The molecule has 1 N–H and O–H groups in total. The molecule has 1 unspecified atom stereocenters. The average Bonchev–Trinajstić information content (AvgIpc) is 3.06. The van der Waals surface area contributed by atoms with Crippen LogP contribution < -0.4 is 5.43 Å². The molecule has 178 valence electrons. The van der Waals surface area contributed by atoms with Gasteiger partial charge in [0.15, 0.2) is 11.3 Å². The highest BCUT2D eigenvalue weighted by Crippen LogP contribution is 2.64. The van der Waals surface area contributed by atoms with E-state index in [0.717, 1.165) is 61.6 Å². The summed E-state index contributed by atoms with van der Waals surface area (Å²) < 4.78 is 40.2. The molecule has 2 aliphatic heterocycles. The highest BCUT2D eigenvalue weighted by molar-refractivity contribution is 7.99. The van der Waals surface area contributed by atoms with Crippen molar-refractivity contribution in [3.05, 3.63) is 53.3 Å². The van der Waals surface area contributed by atoms with Gasteiger partial charge in [-0.15, -0.1) is 11.8 Å². The molecule has 2 fully saturated rings. The van der Waals surface area contributed by atoms with E-state index in [1.165, 1.54) is 12.1 Å². The minimum atomic E-state index is -4.27. The molecule has 0 amide bonds. The second kappa shape index (κ2) is 8.54. The molecule has 1 aliphatic carbocycles. The van der Waals surface area contributed by atoms with Gasteiger partial charge in [-0.1, -0.05) is 12.1 Å². The van der Waals surface area contributed by atoms with Gasteiger partial charge in [0.05, 0.1) is 17.3 Å². The van der Waals surface area contributed by atoms with Crippen LogP contribution in [-0.4, -0.2) is 63.3 Å². The smallest absolute Gasteiger partial charge is 0.328 e. The van der Waals surface area contributed by atoms with Crippen LogP contribution in [0.5, 0.6) is 0 Å². The first-order chi connectivity index (χ1) is 15.7. The number of aryl methyl sites for hydroxylation is 1. The normalized spacial score (nSPS) is 27.3. The predicted octanol–water partition coefficient (Wildman–Crippen LogP) is 3.92. The summed E-state index contributed by atoms with van der Waals surface area (Å²) in [4.78, 5) is 4.67. The predicted molar refractivity (Wildman–Crippen MR) is 124 cm³/mol. The number of nitrogens with zero attached hydrogens (tertiary/aromatic N) is 5. The van der Waals surface area contributed by atoms with Gasteiger partial charge in [0.25, 0.3) is 0 Å². The number of rotatable bonds is 7. The Morgan fingerprint density at radius 1 is 1.21 bits per heavy atom. The summed E-state index contributed by atoms with van der Waals surface area (Å²) in [6.45, 7) is 3.19. The average molecular weight is 479 g/mol. The fraction of sp³-hybridized carbons (Fsp3) is 0.565.